The molecule has 0 aliphatic heterocycles. The van der Waals surface area contributed by atoms with Crippen LogP contribution in [-0.4, -0.2) is 11.3 Å². The zero-order valence-electron chi connectivity index (χ0n) is 11.0. The van der Waals surface area contributed by atoms with E-state index in [1.807, 2.05) is 12.1 Å². The number of benzene rings is 2. The van der Waals surface area contributed by atoms with Gasteiger partial charge in [-0.3, -0.25) is 4.21 Å². The first-order valence-electron chi connectivity index (χ1n) is 5.95. The minimum atomic E-state index is -1.23. The zero-order chi connectivity index (χ0) is 14.5. The monoisotopic (exact) mass is 286 g/mol. The van der Waals surface area contributed by atoms with E-state index in [4.69, 9.17) is 15.7 Å². The lowest BCUT2D eigenvalue weighted by molar-refractivity contribution is 0.413. The van der Waals surface area contributed by atoms with Gasteiger partial charge < -0.3 is 10.5 Å². The molecule has 2 rings (SSSR count). The summed E-state index contributed by atoms with van der Waals surface area (Å²) in [6, 6.07) is 14.3. The Labute approximate surface area is 120 Å². The highest BCUT2D eigenvalue weighted by Gasteiger charge is 2.10. The second-order valence-electron chi connectivity index (χ2n) is 4.17. The Hall–Kier alpha value is -2.32. The molecule has 2 aromatic rings. The van der Waals surface area contributed by atoms with Crippen LogP contribution in [0, 0.1) is 11.3 Å². The molecule has 0 spiro atoms. The van der Waals surface area contributed by atoms with Gasteiger partial charge in [-0.05, 0) is 29.8 Å². The molecule has 0 aromatic heterocycles. The largest absolute Gasteiger partial charge is 0.495 e. The van der Waals surface area contributed by atoms with Crippen LogP contribution in [0.3, 0.4) is 0 Å². The molecule has 0 saturated carbocycles. The first kappa shape index (κ1) is 14.1. The zero-order valence-corrected chi connectivity index (χ0v) is 11.8. The summed E-state index contributed by atoms with van der Waals surface area (Å²) in [4.78, 5) is 0.621. The molecule has 1 unspecified atom stereocenters. The van der Waals surface area contributed by atoms with Crippen LogP contribution >= 0.6 is 0 Å². The van der Waals surface area contributed by atoms with E-state index >= 15 is 0 Å². The topological polar surface area (TPSA) is 76.1 Å². The Bertz CT molecular complexity index is 693. The lowest BCUT2D eigenvalue weighted by atomic mass is 10.1. The quantitative estimate of drug-likeness (QED) is 0.876. The number of hydrogen-bond donors (Lipinski definition) is 1. The highest BCUT2D eigenvalue weighted by molar-refractivity contribution is 7.84. The fraction of sp³-hybridized carbons (Fsp3) is 0.133. The van der Waals surface area contributed by atoms with Crippen molar-refractivity contribution in [1.29, 1.82) is 5.26 Å². The third-order valence-electron chi connectivity index (χ3n) is 2.85. The predicted octanol–water partition coefficient (Wildman–Crippen LogP) is 2.46. The van der Waals surface area contributed by atoms with Crippen molar-refractivity contribution in [2.45, 2.75) is 10.6 Å². The number of anilines is 1. The van der Waals surface area contributed by atoms with Crippen molar-refractivity contribution in [3.63, 3.8) is 0 Å². The number of nitrogens with zero attached hydrogens (tertiary/aromatic N) is 1. The summed E-state index contributed by atoms with van der Waals surface area (Å²) in [5, 5.41) is 8.93. The molecule has 102 valence electrons. The van der Waals surface area contributed by atoms with Gasteiger partial charge in [0.2, 0.25) is 0 Å². The Kier molecular flexibility index (Phi) is 4.38. The second-order valence-corrected chi connectivity index (χ2v) is 5.59. The molecule has 0 aliphatic rings. The van der Waals surface area contributed by atoms with Crippen LogP contribution in [0.15, 0.2) is 47.4 Å². The Morgan fingerprint density at radius 1 is 1.30 bits per heavy atom. The average molecular weight is 286 g/mol. The minimum Gasteiger partial charge on any atom is -0.495 e. The fourth-order valence-electron chi connectivity index (χ4n) is 1.83. The predicted molar refractivity (Wildman–Crippen MR) is 78.7 cm³/mol. The highest BCUT2D eigenvalue weighted by atomic mass is 32.2. The number of hydrogen-bond acceptors (Lipinski definition) is 4. The standard InChI is InChI=1S/C15H14N2O2S/c1-19-14-8-11(6-7-12(14)9-16)10-20(18)15-5-3-2-4-13(15)17/h2-8H,10,17H2,1H3. The lowest BCUT2D eigenvalue weighted by Crippen LogP contribution is -2.01. The number of nitrogens with two attached hydrogens (primary N) is 1. The van der Waals surface area contributed by atoms with Crippen molar-refractivity contribution in [3.8, 4) is 11.8 Å². The van der Waals surface area contributed by atoms with Crippen molar-refractivity contribution in [2.75, 3.05) is 12.8 Å². The van der Waals surface area contributed by atoms with Crippen LogP contribution in [0.5, 0.6) is 5.75 Å². The third kappa shape index (κ3) is 2.98. The molecule has 0 bridgehead atoms. The van der Waals surface area contributed by atoms with Gasteiger partial charge in [0.25, 0.3) is 0 Å². The van der Waals surface area contributed by atoms with Gasteiger partial charge in [-0.15, -0.1) is 0 Å². The first-order valence-corrected chi connectivity index (χ1v) is 7.27. The van der Waals surface area contributed by atoms with Crippen molar-refractivity contribution in [2.24, 2.45) is 0 Å². The Morgan fingerprint density at radius 3 is 2.70 bits per heavy atom. The van der Waals surface area contributed by atoms with Gasteiger partial charge in [-0.2, -0.15) is 5.26 Å². The number of nitrogen functional groups attached to an aromatic ring is 1. The van der Waals surface area contributed by atoms with Crippen LogP contribution in [0.1, 0.15) is 11.1 Å². The van der Waals surface area contributed by atoms with Crippen molar-refractivity contribution >= 4 is 16.5 Å². The van der Waals surface area contributed by atoms with Crippen LogP contribution in [0.25, 0.3) is 0 Å². The smallest absolute Gasteiger partial charge is 0.136 e. The first-order chi connectivity index (χ1) is 9.65. The third-order valence-corrected chi connectivity index (χ3v) is 4.31. The van der Waals surface area contributed by atoms with Crippen LogP contribution in [0.2, 0.25) is 0 Å². The fourth-order valence-corrected chi connectivity index (χ4v) is 3.03. The molecular formula is C15H14N2O2S. The van der Waals surface area contributed by atoms with Gasteiger partial charge in [-0.25, -0.2) is 0 Å². The molecule has 2 aromatic carbocycles. The van der Waals surface area contributed by atoms with Crippen molar-refractivity contribution < 1.29 is 8.95 Å². The molecule has 0 heterocycles. The molecule has 0 fully saturated rings. The van der Waals surface area contributed by atoms with E-state index < -0.39 is 10.8 Å². The molecule has 0 radical (unpaired) electrons. The summed E-state index contributed by atoms with van der Waals surface area (Å²) >= 11 is 0. The van der Waals surface area contributed by atoms with Gasteiger partial charge >= 0.3 is 0 Å². The van der Waals surface area contributed by atoms with Crippen molar-refractivity contribution in [1.82, 2.24) is 0 Å². The number of para-hydroxylation sites is 1. The maximum atomic E-state index is 12.3. The van der Waals surface area contributed by atoms with Gasteiger partial charge in [0.15, 0.2) is 0 Å². The van der Waals surface area contributed by atoms with Gasteiger partial charge in [0.05, 0.1) is 34.1 Å². The van der Waals surface area contributed by atoms with E-state index in [1.165, 1.54) is 7.11 Å². The van der Waals surface area contributed by atoms with Gasteiger partial charge in [-0.1, -0.05) is 18.2 Å². The summed E-state index contributed by atoms with van der Waals surface area (Å²) in [6.45, 7) is 0. The average Bonchev–Trinajstić information content (AvgIpc) is 2.47. The number of nitriles is 1. The molecule has 1 atom stereocenters. The van der Waals surface area contributed by atoms with E-state index in [1.54, 1.807) is 36.4 Å². The normalized spacial score (nSPS) is 11.6. The van der Waals surface area contributed by atoms with E-state index in [2.05, 4.69) is 0 Å². The summed E-state index contributed by atoms with van der Waals surface area (Å²) in [7, 11) is 0.278. The molecule has 4 nitrogen and oxygen atoms in total. The molecule has 0 saturated heterocycles. The molecular weight excluding hydrogens is 272 g/mol. The maximum Gasteiger partial charge on any atom is 0.136 e. The Balaban J connectivity index is 2.25. The molecule has 0 amide bonds. The molecule has 0 aliphatic carbocycles. The molecule has 20 heavy (non-hydrogen) atoms. The van der Waals surface area contributed by atoms with Crippen LogP contribution in [-0.2, 0) is 16.6 Å². The highest BCUT2D eigenvalue weighted by Crippen LogP contribution is 2.23. The summed E-state index contributed by atoms with van der Waals surface area (Å²) in [5.41, 5.74) is 7.63. The van der Waals surface area contributed by atoms with E-state index in [-0.39, 0.29) is 0 Å². The van der Waals surface area contributed by atoms with Crippen molar-refractivity contribution in [3.05, 3.63) is 53.6 Å². The molecule has 2 N–H and O–H groups in total. The minimum absolute atomic E-state index is 0.330. The summed E-state index contributed by atoms with van der Waals surface area (Å²) < 4.78 is 17.5. The van der Waals surface area contributed by atoms with E-state index in [9.17, 15) is 4.21 Å². The van der Waals surface area contributed by atoms with Crippen LogP contribution in [0.4, 0.5) is 5.69 Å². The molecule has 5 heteroatoms. The van der Waals surface area contributed by atoms with E-state index in [0.717, 1.165) is 5.56 Å². The Morgan fingerprint density at radius 2 is 2.05 bits per heavy atom. The summed E-state index contributed by atoms with van der Waals surface area (Å²) in [5.74, 6) is 0.819. The van der Waals surface area contributed by atoms with E-state index in [0.29, 0.717) is 27.6 Å². The SMILES string of the molecule is COc1cc(CS(=O)c2ccccc2N)ccc1C#N. The van der Waals surface area contributed by atoms with Gasteiger partial charge in [0, 0.05) is 5.69 Å². The maximum absolute atomic E-state index is 12.3. The number of ether oxygens (including phenoxy) is 1. The lowest BCUT2D eigenvalue weighted by Gasteiger charge is -2.08. The number of methoxy groups -OCH3 is 1. The van der Waals surface area contributed by atoms with Gasteiger partial charge in [0.1, 0.15) is 11.8 Å². The van der Waals surface area contributed by atoms with Crippen LogP contribution < -0.4 is 10.5 Å². The summed E-state index contributed by atoms with van der Waals surface area (Å²) in [6.07, 6.45) is 0. The number of rotatable bonds is 4. The second kappa shape index (κ2) is 6.22.